The van der Waals surface area contributed by atoms with Crippen LogP contribution < -0.4 is 11.1 Å². The highest BCUT2D eigenvalue weighted by Gasteiger charge is 2.14. The average Bonchev–Trinajstić information content (AvgIpc) is 2.43. The first-order valence-corrected chi connectivity index (χ1v) is 6.94. The molecule has 0 fully saturated rings. The number of nitrogen functional groups attached to an aromatic ring is 1. The average molecular weight is 307 g/mol. The van der Waals surface area contributed by atoms with Crippen LogP contribution in [-0.2, 0) is 4.79 Å². The molecule has 2 aromatic carbocycles. The van der Waals surface area contributed by atoms with Crippen molar-refractivity contribution in [2.24, 2.45) is 0 Å². The van der Waals surface area contributed by atoms with Crippen LogP contribution in [0.25, 0.3) is 0 Å². The van der Waals surface area contributed by atoms with Crippen LogP contribution in [0, 0.1) is 5.82 Å². The molecule has 1 unspecified atom stereocenters. The molecule has 0 saturated heterocycles. The Morgan fingerprint density at radius 1 is 1.29 bits per heavy atom. The van der Waals surface area contributed by atoms with Crippen LogP contribution in [0.3, 0.4) is 0 Å². The molecule has 3 N–H and O–H groups in total. The van der Waals surface area contributed by atoms with E-state index in [1.807, 2.05) is 19.1 Å². The van der Waals surface area contributed by atoms with Gasteiger partial charge in [-0.2, -0.15) is 0 Å². The minimum atomic E-state index is -0.545. The summed E-state index contributed by atoms with van der Waals surface area (Å²) in [6.45, 7) is 1.92. The SMILES string of the molecule is CC(CC(=O)Nc1c(F)cccc1Cl)c1ccc(N)cc1. The van der Waals surface area contributed by atoms with Crippen molar-refractivity contribution < 1.29 is 9.18 Å². The van der Waals surface area contributed by atoms with Gasteiger partial charge in [0.2, 0.25) is 5.91 Å². The molecule has 0 saturated carbocycles. The van der Waals surface area contributed by atoms with Crippen molar-refractivity contribution in [2.45, 2.75) is 19.3 Å². The quantitative estimate of drug-likeness (QED) is 0.832. The number of benzene rings is 2. The van der Waals surface area contributed by atoms with Gasteiger partial charge >= 0.3 is 0 Å². The van der Waals surface area contributed by atoms with Crippen molar-refractivity contribution in [1.29, 1.82) is 0 Å². The molecule has 1 amide bonds. The molecule has 2 aromatic rings. The molecular weight excluding hydrogens is 291 g/mol. The molecule has 0 bridgehead atoms. The molecule has 5 heteroatoms. The molecule has 0 heterocycles. The van der Waals surface area contributed by atoms with Gasteiger partial charge in [-0.3, -0.25) is 4.79 Å². The molecule has 0 aromatic heterocycles. The fourth-order valence-corrected chi connectivity index (χ4v) is 2.24. The van der Waals surface area contributed by atoms with E-state index >= 15 is 0 Å². The number of anilines is 2. The first kappa shape index (κ1) is 15.3. The van der Waals surface area contributed by atoms with Gasteiger partial charge in [-0.1, -0.05) is 36.7 Å². The summed E-state index contributed by atoms with van der Waals surface area (Å²) in [6, 6.07) is 11.6. The van der Waals surface area contributed by atoms with Gasteiger partial charge in [0.15, 0.2) is 0 Å². The highest BCUT2D eigenvalue weighted by Crippen LogP contribution is 2.26. The lowest BCUT2D eigenvalue weighted by molar-refractivity contribution is -0.116. The van der Waals surface area contributed by atoms with Gasteiger partial charge in [0, 0.05) is 12.1 Å². The molecule has 1 atom stereocenters. The van der Waals surface area contributed by atoms with Gasteiger partial charge in [-0.25, -0.2) is 4.39 Å². The molecular formula is C16H16ClFN2O. The number of carbonyl (C=O) groups excluding carboxylic acids is 1. The van der Waals surface area contributed by atoms with E-state index in [1.54, 1.807) is 12.1 Å². The lowest BCUT2D eigenvalue weighted by Gasteiger charge is -2.13. The van der Waals surface area contributed by atoms with E-state index < -0.39 is 5.82 Å². The second kappa shape index (κ2) is 6.59. The molecule has 0 aliphatic carbocycles. The number of rotatable bonds is 4. The Balaban J connectivity index is 2.03. The van der Waals surface area contributed by atoms with Crippen LogP contribution in [0.2, 0.25) is 5.02 Å². The summed E-state index contributed by atoms with van der Waals surface area (Å²) in [5, 5.41) is 2.70. The fourth-order valence-electron chi connectivity index (χ4n) is 2.03. The number of para-hydroxylation sites is 1. The predicted octanol–water partition coefficient (Wildman–Crippen LogP) is 4.19. The Bertz CT molecular complexity index is 623. The van der Waals surface area contributed by atoms with E-state index in [0.29, 0.717) is 5.69 Å². The summed E-state index contributed by atoms with van der Waals surface area (Å²) in [6.07, 6.45) is 0.231. The van der Waals surface area contributed by atoms with E-state index in [4.69, 9.17) is 17.3 Å². The topological polar surface area (TPSA) is 55.1 Å². The molecule has 21 heavy (non-hydrogen) atoms. The first-order valence-electron chi connectivity index (χ1n) is 6.56. The number of halogens is 2. The van der Waals surface area contributed by atoms with Crippen LogP contribution in [0.15, 0.2) is 42.5 Å². The molecule has 3 nitrogen and oxygen atoms in total. The number of carbonyl (C=O) groups is 1. The highest BCUT2D eigenvalue weighted by atomic mass is 35.5. The Morgan fingerprint density at radius 2 is 1.95 bits per heavy atom. The Labute approximate surface area is 127 Å². The lowest BCUT2D eigenvalue weighted by atomic mass is 9.97. The molecule has 0 spiro atoms. The number of nitrogens with two attached hydrogens (primary N) is 1. The number of amides is 1. The van der Waals surface area contributed by atoms with E-state index in [0.717, 1.165) is 5.56 Å². The maximum absolute atomic E-state index is 13.6. The van der Waals surface area contributed by atoms with Crippen molar-refractivity contribution in [2.75, 3.05) is 11.1 Å². The zero-order valence-corrected chi connectivity index (χ0v) is 12.3. The third-order valence-electron chi connectivity index (χ3n) is 3.22. The first-order chi connectivity index (χ1) is 9.97. The van der Waals surface area contributed by atoms with E-state index in [1.165, 1.54) is 18.2 Å². The summed E-state index contributed by atoms with van der Waals surface area (Å²) in [5.41, 5.74) is 7.32. The largest absolute Gasteiger partial charge is 0.399 e. The third kappa shape index (κ3) is 3.95. The maximum atomic E-state index is 13.6. The fraction of sp³-hybridized carbons (Fsp3) is 0.188. The number of hydrogen-bond donors (Lipinski definition) is 2. The summed E-state index contributed by atoms with van der Waals surface area (Å²) in [7, 11) is 0. The van der Waals surface area contributed by atoms with Gasteiger partial charge < -0.3 is 11.1 Å². The number of hydrogen-bond acceptors (Lipinski definition) is 2. The summed E-state index contributed by atoms with van der Waals surface area (Å²) in [4.78, 5) is 12.0. The standard InChI is InChI=1S/C16H16ClFN2O/c1-10(11-5-7-12(19)8-6-11)9-15(21)20-16-13(17)3-2-4-14(16)18/h2-8,10H,9,19H2,1H3,(H,20,21). The van der Waals surface area contributed by atoms with Crippen molar-refractivity contribution in [1.82, 2.24) is 0 Å². The Morgan fingerprint density at radius 3 is 2.57 bits per heavy atom. The van der Waals surface area contributed by atoms with E-state index in [2.05, 4.69) is 5.32 Å². The molecule has 0 radical (unpaired) electrons. The van der Waals surface area contributed by atoms with Crippen molar-refractivity contribution in [3.8, 4) is 0 Å². The third-order valence-corrected chi connectivity index (χ3v) is 3.54. The van der Waals surface area contributed by atoms with Crippen molar-refractivity contribution in [3.63, 3.8) is 0 Å². The minimum absolute atomic E-state index is 0.00357. The van der Waals surface area contributed by atoms with Gasteiger partial charge in [0.25, 0.3) is 0 Å². The molecule has 2 rings (SSSR count). The zero-order chi connectivity index (χ0) is 15.4. The van der Waals surface area contributed by atoms with Crippen molar-refractivity contribution in [3.05, 3.63) is 58.9 Å². The van der Waals surface area contributed by atoms with Gasteiger partial charge in [0.1, 0.15) is 5.82 Å². The van der Waals surface area contributed by atoms with Crippen LogP contribution in [0.1, 0.15) is 24.8 Å². The minimum Gasteiger partial charge on any atom is -0.399 e. The highest BCUT2D eigenvalue weighted by molar-refractivity contribution is 6.33. The maximum Gasteiger partial charge on any atom is 0.225 e. The van der Waals surface area contributed by atoms with Crippen LogP contribution in [0.5, 0.6) is 0 Å². The van der Waals surface area contributed by atoms with E-state index in [9.17, 15) is 9.18 Å². The van der Waals surface area contributed by atoms with Crippen molar-refractivity contribution >= 4 is 28.9 Å². The van der Waals surface area contributed by atoms with Gasteiger partial charge in [-0.15, -0.1) is 0 Å². The lowest BCUT2D eigenvalue weighted by Crippen LogP contribution is -2.15. The normalized spacial score (nSPS) is 12.0. The zero-order valence-electron chi connectivity index (χ0n) is 11.6. The molecule has 0 aliphatic rings. The van der Waals surface area contributed by atoms with Gasteiger partial charge in [0.05, 0.1) is 10.7 Å². The summed E-state index contributed by atoms with van der Waals surface area (Å²) >= 11 is 5.88. The van der Waals surface area contributed by atoms with Crippen LogP contribution >= 0.6 is 11.6 Å². The smallest absolute Gasteiger partial charge is 0.225 e. The van der Waals surface area contributed by atoms with E-state index in [-0.39, 0.29) is 29.0 Å². The van der Waals surface area contributed by atoms with Crippen LogP contribution in [0.4, 0.5) is 15.8 Å². The van der Waals surface area contributed by atoms with Gasteiger partial charge in [-0.05, 0) is 35.7 Å². The predicted molar refractivity (Wildman–Crippen MR) is 83.9 cm³/mol. The number of nitrogens with one attached hydrogen (secondary N) is 1. The summed E-state index contributed by atoms with van der Waals surface area (Å²) in [5.74, 6) is -0.835. The Kier molecular flexibility index (Phi) is 4.81. The summed E-state index contributed by atoms with van der Waals surface area (Å²) < 4.78 is 13.6. The second-order valence-electron chi connectivity index (χ2n) is 4.92. The monoisotopic (exact) mass is 306 g/mol. The van der Waals surface area contributed by atoms with Crippen LogP contribution in [-0.4, -0.2) is 5.91 Å². The Hall–Kier alpha value is -2.07. The molecule has 0 aliphatic heterocycles. The second-order valence-corrected chi connectivity index (χ2v) is 5.32. The molecule has 110 valence electrons.